The summed E-state index contributed by atoms with van der Waals surface area (Å²) in [7, 11) is 1.92. The van der Waals surface area contributed by atoms with Crippen molar-refractivity contribution in [3.8, 4) is 0 Å². The van der Waals surface area contributed by atoms with Crippen molar-refractivity contribution in [3.05, 3.63) is 23.6 Å². The van der Waals surface area contributed by atoms with Crippen LogP contribution in [-0.4, -0.2) is 43.9 Å². The topological polar surface area (TPSA) is 89.1 Å². The Balaban J connectivity index is 1.37. The largest absolute Gasteiger partial charge is 0.339 e. The first kappa shape index (κ1) is 18.0. The van der Waals surface area contributed by atoms with E-state index in [1.807, 2.05) is 29.7 Å². The molecule has 2 aliphatic rings. The molecule has 0 aromatic carbocycles. The van der Waals surface area contributed by atoms with Gasteiger partial charge in [0.15, 0.2) is 5.82 Å². The van der Waals surface area contributed by atoms with Gasteiger partial charge in [-0.2, -0.15) is 10.1 Å². The number of aryl methyl sites for hydroxylation is 2. The van der Waals surface area contributed by atoms with Gasteiger partial charge in [-0.1, -0.05) is 24.4 Å². The maximum atomic E-state index is 12.8. The summed E-state index contributed by atoms with van der Waals surface area (Å²) >= 11 is 0. The average molecular weight is 372 g/mol. The fourth-order valence-corrected chi connectivity index (χ4v) is 4.28. The lowest BCUT2D eigenvalue weighted by Crippen LogP contribution is -2.40. The Hall–Kier alpha value is -2.38. The molecule has 2 aromatic heterocycles. The van der Waals surface area contributed by atoms with Crippen molar-refractivity contribution < 1.29 is 9.32 Å². The van der Waals surface area contributed by atoms with Crippen LogP contribution in [0.3, 0.4) is 0 Å². The highest BCUT2D eigenvalue weighted by Gasteiger charge is 2.28. The molecule has 1 saturated heterocycles. The van der Waals surface area contributed by atoms with Crippen LogP contribution in [0.25, 0.3) is 0 Å². The van der Waals surface area contributed by atoms with Crippen molar-refractivity contribution in [1.82, 2.24) is 24.8 Å². The highest BCUT2D eigenvalue weighted by atomic mass is 16.5. The van der Waals surface area contributed by atoms with E-state index >= 15 is 0 Å². The average Bonchev–Trinajstić information content (AvgIpc) is 3.28. The van der Waals surface area contributed by atoms with Crippen LogP contribution in [-0.2, 0) is 7.05 Å². The van der Waals surface area contributed by atoms with Crippen LogP contribution in [0.15, 0.2) is 10.7 Å². The normalized spacial score (nSPS) is 19.4. The number of nitrogens with one attached hydrogen (secondary N) is 1. The highest BCUT2D eigenvalue weighted by molar-refractivity contribution is 5.90. The zero-order chi connectivity index (χ0) is 18.8. The lowest BCUT2D eigenvalue weighted by molar-refractivity contribution is 0.187. The summed E-state index contributed by atoms with van der Waals surface area (Å²) in [5.41, 5.74) is 1.91. The van der Waals surface area contributed by atoms with E-state index in [1.165, 1.54) is 19.3 Å². The summed E-state index contributed by atoms with van der Waals surface area (Å²) in [4.78, 5) is 19.0. The van der Waals surface area contributed by atoms with Gasteiger partial charge in [0, 0.05) is 38.2 Å². The molecular weight excluding hydrogens is 344 g/mol. The Labute approximate surface area is 159 Å². The Bertz CT molecular complexity index is 784. The molecule has 1 saturated carbocycles. The van der Waals surface area contributed by atoms with Gasteiger partial charge in [0.2, 0.25) is 5.89 Å². The smallest absolute Gasteiger partial charge is 0.321 e. The quantitative estimate of drug-likeness (QED) is 0.890. The van der Waals surface area contributed by atoms with Crippen LogP contribution in [0, 0.1) is 6.92 Å². The third-order valence-electron chi connectivity index (χ3n) is 5.77. The second kappa shape index (κ2) is 7.70. The first-order chi connectivity index (χ1) is 13.1. The Kier molecular flexibility index (Phi) is 5.13. The summed E-state index contributed by atoms with van der Waals surface area (Å²) in [6.45, 7) is 3.21. The molecule has 0 unspecified atom stereocenters. The third-order valence-corrected chi connectivity index (χ3v) is 5.77. The van der Waals surface area contributed by atoms with E-state index in [1.54, 1.807) is 0 Å². The van der Waals surface area contributed by atoms with Crippen molar-refractivity contribution in [1.29, 1.82) is 0 Å². The van der Waals surface area contributed by atoms with Gasteiger partial charge in [0.25, 0.3) is 0 Å². The summed E-state index contributed by atoms with van der Waals surface area (Å²) in [6.07, 6.45) is 9.74. The van der Waals surface area contributed by atoms with Crippen LogP contribution in [0.1, 0.15) is 74.2 Å². The van der Waals surface area contributed by atoms with Crippen LogP contribution in [0.5, 0.6) is 0 Å². The minimum absolute atomic E-state index is 0.0415. The van der Waals surface area contributed by atoms with Gasteiger partial charge >= 0.3 is 6.03 Å². The van der Waals surface area contributed by atoms with Gasteiger partial charge in [-0.05, 0) is 32.6 Å². The number of carbonyl (C=O) groups is 1. The fraction of sp³-hybridized carbons (Fsp3) is 0.684. The molecule has 0 radical (unpaired) electrons. The van der Waals surface area contributed by atoms with Gasteiger partial charge in [-0.15, -0.1) is 0 Å². The molecule has 2 aromatic rings. The van der Waals surface area contributed by atoms with Crippen LogP contribution >= 0.6 is 0 Å². The number of hydrogen-bond acceptors (Lipinski definition) is 5. The minimum atomic E-state index is -0.0415. The molecule has 2 amide bonds. The molecule has 3 heterocycles. The number of likely N-dealkylation sites (tertiary alicyclic amines) is 1. The van der Waals surface area contributed by atoms with Gasteiger partial charge in [-0.3, -0.25) is 4.68 Å². The number of aromatic nitrogens is 4. The zero-order valence-corrected chi connectivity index (χ0v) is 16.1. The molecule has 2 fully saturated rings. The number of hydrogen-bond donors (Lipinski definition) is 1. The monoisotopic (exact) mass is 372 g/mol. The van der Waals surface area contributed by atoms with Gasteiger partial charge in [0.05, 0.1) is 11.4 Å². The molecule has 0 atom stereocenters. The molecule has 27 heavy (non-hydrogen) atoms. The molecule has 8 nitrogen and oxygen atoms in total. The lowest BCUT2D eigenvalue weighted by Gasteiger charge is -2.30. The third kappa shape index (κ3) is 3.99. The van der Waals surface area contributed by atoms with E-state index in [9.17, 15) is 4.79 Å². The number of nitrogens with zero attached hydrogens (tertiary/aromatic N) is 5. The Morgan fingerprint density at radius 1 is 1.15 bits per heavy atom. The number of amides is 2. The highest BCUT2D eigenvalue weighted by Crippen LogP contribution is 2.35. The van der Waals surface area contributed by atoms with Crippen LogP contribution in [0.4, 0.5) is 10.5 Å². The predicted molar refractivity (Wildman–Crippen MR) is 101 cm³/mol. The summed E-state index contributed by atoms with van der Waals surface area (Å²) in [5, 5.41) is 11.6. The fourth-order valence-electron chi connectivity index (χ4n) is 4.28. The van der Waals surface area contributed by atoms with Gasteiger partial charge in [0.1, 0.15) is 0 Å². The maximum absolute atomic E-state index is 12.8. The summed E-state index contributed by atoms with van der Waals surface area (Å²) < 4.78 is 7.10. The number of rotatable bonds is 3. The second-order valence-electron chi connectivity index (χ2n) is 7.81. The molecule has 1 N–H and O–H groups in total. The number of carbonyl (C=O) groups excluding carboxylic acids is 1. The first-order valence-electron chi connectivity index (χ1n) is 10.00. The number of anilines is 1. The SMILES string of the molecule is Cc1noc(C2CCN(C(=O)Nc3cn(C)nc3C3CCCCC3)CC2)n1. The zero-order valence-electron chi connectivity index (χ0n) is 16.1. The number of urea groups is 1. The first-order valence-corrected chi connectivity index (χ1v) is 10.00. The van der Waals surface area contributed by atoms with Crippen LogP contribution in [0.2, 0.25) is 0 Å². The molecular formula is C19H28N6O2. The molecule has 4 rings (SSSR count). The molecule has 1 aliphatic heterocycles. The second-order valence-corrected chi connectivity index (χ2v) is 7.81. The van der Waals surface area contributed by atoms with Crippen molar-refractivity contribution in [2.45, 2.75) is 63.7 Å². The molecule has 1 aliphatic carbocycles. The molecule has 0 bridgehead atoms. The van der Waals surface area contributed by atoms with E-state index in [0.29, 0.717) is 30.7 Å². The van der Waals surface area contributed by atoms with Gasteiger partial charge < -0.3 is 14.7 Å². The maximum Gasteiger partial charge on any atom is 0.321 e. The predicted octanol–water partition coefficient (Wildman–Crippen LogP) is 3.57. The van der Waals surface area contributed by atoms with Crippen molar-refractivity contribution in [3.63, 3.8) is 0 Å². The molecule has 0 spiro atoms. The number of piperidine rings is 1. The lowest BCUT2D eigenvalue weighted by atomic mass is 9.86. The minimum Gasteiger partial charge on any atom is -0.339 e. The van der Waals surface area contributed by atoms with E-state index in [-0.39, 0.29) is 11.9 Å². The van der Waals surface area contributed by atoms with Crippen molar-refractivity contribution in [2.75, 3.05) is 18.4 Å². The van der Waals surface area contributed by atoms with E-state index in [4.69, 9.17) is 4.52 Å². The van der Waals surface area contributed by atoms with E-state index in [0.717, 1.165) is 37.1 Å². The standard InChI is InChI=1S/C19H28N6O2/c1-13-20-18(27-23-13)15-8-10-25(11-9-15)19(26)21-16-12-24(2)22-17(16)14-6-4-3-5-7-14/h12,14-15H,3-11H2,1-2H3,(H,21,26). The summed E-state index contributed by atoms with van der Waals surface area (Å²) in [6, 6.07) is -0.0415. The van der Waals surface area contributed by atoms with Crippen molar-refractivity contribution in [2.24, 2.45) is 7.05 Å². The van der Waals surface area contributed by atoms with E-state index in [2.05, 4.69) is 20.6 Å². The Morgan fingerprint density at radius 3 is 2.56 bits per heavy atom. The Morgan fingerprint density at radius 2 is 1.89 bits per heavy atom. The molecule has 146 valence electrons. The summed E-state index contributed by atoms with van der Waals surface area (Å²) in [5.74, 6) is 2.06. The van der Waals surface area contributed by atoms with Crippen molar-refractivity contribution >= 4 is 11.7 Å². The molecule has 8 heteroatoms. The van der Waals surface area contributed by atoms with Gasteiger partial charge in [-0.25, -0.2) is 4.79 Å². The van der Waals surface area contributed by atoms with E-state index < -0.39 is 0 Å². The van der Waals surface area contributed by atoms with Crippen LogP contribution < -0.4 is 5.32 Å².